The fraction of sp³-hybridized carbons (Fsp3) is 0.524. The maximum absolute atomic E-state index is 12.1. The van der Waals surface area contributed by atoms with Crippen LogP contribution < -0.4 is 16.0 Å². The number of nitrogens with zero attached hydrogens (tertiary/aromatic N) is 1. The summed E-state index contributed by atoms with van der Waals surface area (Å²) in [7, 11) is 0. The van der Waals surface area contributed by atoms with Crippen LogP contribution in [0.1, 0.15) is 36.9 Å². The Morgan fingerprint density at radius 3 is 2.96 bits per heavy atom. The maximum Gasteiger partial charge on any atom is 0.224 e. The molecule has 1 unspecified atom stereocenters. The third kappa shape index (κ3) is 3.68. The van der Waals surface area contributed by atoms with Crippen LogP contribution >= 0.6 is 0 Å². The van der Waals surface area contributed by atoms with Crippen LogP contribution in [0, 0.1) is 5.92 Å². The summed E-state index contributed by atoms with van der Waals surface area (Å²) in [5.41, 5.74) is 5.00. The molecule has 1 saturated heterocycles. The van der Waals surface area contributed by atoms with E-state index in [1.165, 1.54) is 35.2 Å². The zero-order valence-corrected chi connectivity index (χ0v) is 15.3. The minimum atomic E-state index is 0.152. The number of hydrogen-bond donors (Lipinski definition) is 3. The van der Waals surface area contributed by atoms with E-state index in [-0.39, 0.29) is 11.8 Å². The van der Waals surface area contributed by atoms with Gasteiger partial charge in [0.05, 0.1) is 11.4 Å². The van der Waals surface area contributed by atoms with E-state index in [2.05, 4.69) is 40.2 Å². The lowest BCUT2D eigenvalue weighted by Gasteiger charge is -2.21. The van der Waals surface area contributed by atoms with Crippen molar-refractivity contribution in [2.75, 3.05) is 31.5 Å². The van der Waals surface area contributed by atoms with Gasteiger partial charge in [0.1, 0.15) is 0 Å². The SMILES string of the molecule is O=C(NCCCNc1c2c(nc3ccccc13)CCCC2)C1CCNC1. The van der Waals surface area contributed by atoms with Gasteiger partial charge >= 0.3 is 0 Å². The molecule has 0 bridgehead atoms. The molecule has 1 aromatic carbocycles. The predicted molar refractivity (Wildman–Crippen MR) is 105 cm³/mol. The van der Waals surface area contributed by atoms with E-state index >= 15 is 0 Å². The Balaban J connectivity index is 1.38. The molecule has 4 rings (SSSR count). The average Bonchev–Trinajstić information content (AvgIpc) is 3.22. The summed E-state index contributed by atoms with van der Waals surface area (Å²) < 4.78 is 0. The van der Waals surface area contributed by atoms with Gasteiger partial charge in [-0.2, -0.15) is 0 Å². The van der Waals surface area contributed by atoms with Crippen molar-refractivity contribution in [2.45, 2.75) is 38.5 Å². The van der Waals surface area contributed by atoms with Crippen LogP contribution in [0.15, 0.2) is 24.3 Å². The van der Waals surface area contributed by atoms with E-state index in [0.717, 1.165) is 57.4 Å². The van der Waals surface area contributed by atoms with Gasteiger partial charge in [-0.15, -0.1) is 0 Å². The van der Waals surface area contributed by atoms with Crippen molar-refractivity contribution in [3.63, 3.8) is 0 Å². The van der Waals surface area contributed by atoms with Gasteiger partial charge in [-0.25, -0.2) is 0 Å². The lowest BCUT2D eigenvalue weighted by molar-refractivity contribution is -0.124. The Labute approximate surface area is 155 Å². The van der Waals surface area contributed by atoms with Crippen molar-refractivity contribution >= 4 is 22.5 Å². The van der Waals surface area contributed by atoms with Gasteiger partial charge in [-0.3, -0.25) is 9.78 Å². The summed E-state index contributed by atoms with van der Waals surface area (Å²) >= 11 is 0. The first kappa shape index (κ1) is 17.3. The number of aromatic nitrogens is 1. The summed E-state index contributed by atoms with van der Waals surface area (Å²) in [5.74, 6) is 0.348. The number of anilines is 1. The molecule has 1 fully saturated rings. The Bertz CT molecular complexity index is 783. The second-order valence-electron chi connectivity index (χ2n) is 7.40. The van der Waals surface area contributed by atoms with Crippen LogP contribution in [-0.4, -0.2) is 37.1 Å². The minimum absolute atomic E-state index is 0.152. The molecule has 5 heteroatoms. The molecule has 0 radical (unpaired) electrons. The Morgan fingerprint density at radius 1 is 1.19 bits per heavy atom. The van der Waals surface area contributed by atoms with Gasteiger partial charge in [0.15, 0.2) is 0 Å². The second-order valence-corrected chi connectivity index (χ2v) is 7.40. The van der Waals surface area contributed by atoms with Crippen LogP contribution in [0.2, 0.25) is 0 Å². The standard InChI is InChI=1S/C21H28N4O/c26-21(15-10-13-22-14-15)24-12-5-11-23-20-16-6-1-3-8-18(16)25-19-9-4-2-7-17(19)20/h1,3,6,8,15,22H,2,4-5,7,9-14H2,(H,23,25)(H,24,26). The molecule has 0 spiro atoms. The van der Waals surface area contributed by atoms with E-state index in [1.807, 2.05) is 0 Å². The molecule has 138 valence electrons. The van der Waals surface area contributed by atoms with Gasteiger partial charge in [0.2, 0.25) is 5.91 Å². The Kier molecular flexibility index (Phi) is 5.34. The highest BCUT2D eigenvalue weighted by Gasteiger charge is 2.21. The highest BCUT2D eigenvalue weighted by atomic mass is 16.1. The molecule has 1 aliphatic carbocycles. The highest BCUT2D eigenvalue weighted by molar-refractivity contribution is 5.93. The number of para-hydroxylation sites is 1. The van der Waals surface area contributed by atoms with Crippen LogP contribution in [0.3, 0.4) is 0 Å². The lowest BCUT2D eigenvalue weighted by atomic mass is 9.92. The molecule has 1 amide bonds. The number of benzene rings is 1. The first-order valence-electron chi connectivity index (χ1n) is 9.96. The first-order chi connectivity index (χ1) is 12.8. The topological polar surface area (TPSA) is 66.0 Å². The summed E-state index contributed by atoms with van der Waals surface area (Å²) in [6, 6.07) is 8.40. The van der Waals surface area contributed by atoms with Crippen molar-refractivity contribution in [1.29, 1.82) is 0 Å². The number of nitrogens with one attached hydrogen (secondary N) is 3. The minimum Gasteiger partial charge on any atom is -0.384 e. The number of carbonyl (C=O) groups excluding carboxylic acids is 1. The summed E-state index contributed by atoms with van der Waals surface area (Å²) in [4.78, 5) is 17.0. The zero-order chi connectivity index (χ0) is 17.8. The largest absolute Gasteiger partial charge is 0.384 e. The van der Waals surface area contributed by atoms with E-state index < -0.39 is 0 Å². The molecule has 2 aromatic rings. The number of amides is 1. The second kappa shape index (κ2) is 8.04. The van der Waals surface area contributed by atoms with Gasteiger partial charge in [0.25, 0.3) is 0 Å². The summed E-state index contributed by atoms with van der Waals surface area (Å²) in [5, 5.41) is 11.2. The molecule has 5 nitrogen and oxygen atoms in total. The van der Waals surface area contributed by atoms with Gasteiger partial charge < -0.3 is 16.0 Å². The monoisotopic (exact) mass is 352 g/mol. The molecule has 26 heavy (non-hydrogen) atoms. The lowest BCUT2D eigenvalue weighted by Crippen LogP contribution is -2.33. The van der Waals surface area contributed by atoms with E-state index in [1.54, 1.807) is 0 Å². The fourth-order valence-electron chi connectivity index (χ4n) is 4.11. The fourth-order valence-corrected chi connectivity index (χ4v) is 4.11. The van der Waals surface area contributed by atoms with Crippen LogP contribution in [0.25, 0.3) is 10.9 Å². The van der Waals surface area contributed by atoms with Crippen LogP contribution in [0.5, 0.6) is 0 Å². The molecule has 0 saturated carbocycles. The van der Waals surface area contributed by atoms with Gasteiger partial charge in [0, 0.05) is 36.4 Å². The molecule has 1 aliphatic heterocycles. The zero-order valence-electron chi connectivity index (χ0n) is 15.3. The van der Waals surface area contributed by atoms with Gasteiger partial charge in [-0.1, -0.05) is 18.2 Å². The summed E-state index contributed by atoms with van der Waals surface area (Å²) in [6.07, 6.45) is 6.56. The van der Waals surface area contributed by atoms with E-state index in [0.29, 0.717) is 0 Å². The van der Waals surface area contributed by atoms with E-state index in [9.17, 15) is 4.79 Å². The maximum atomic E-state index is 12.1. The third-order valence-corrected chi connectivity index (χ3v) is 5.55. The Hall–Kier alpha value is -2.14. The number of pyridine rings is 1. The normalized spacial score (nSPS) is 19.3. The quantitative estimate of drug-likeness (QED) is 0.699. The van der Waals surface area contributed by atoms with Crippen LogP contribution in [-0.2, 0) is 17.6 Å². The molecular formula is C21H28N4O. The first-order valence-corrected chi connectivity index (χ1v) is 9.96. The molecule has 1 aromatic heterocycles. The summed E-state index contributed by atoms with van der Waals surface area (Å²) in [6.45, 7) is 3.37. The van der Waals surface area contributed by atoms with E-state index in [4.69, 9.17) is 4.98 Å². The number of carbonyl (C=O) groups is 1. The van der Waals surface area contributed by atoms with Crippen molar-refractivity contribution in [3.8, 4) is 0 Å². The predicted octanol–water partition coefficient (Wildman–Crippen LogP) is 2.64. The van der Waals surface area contributed by atoms with Crippen molar-refractivity contribution < 1.29 is 4.79 Å². The Morgan fingerprint density at radius 2 is 2.08 bits per heavy atom. The molecular weight excluding hydrogens is 324 g/mol. The number of fused-ring (bicyclic) bond motifs is 2. The number of aryl methyl sites for hydroxylation is 1. The van der Waals surface area contributed by atoms with Gasteiger partial charge in [-0.05, 0) is 56.7 Å². The van der Waals surface area contributed by atoms with Crippen LogP contribution in [0.4, 0.5) is 5.69 Å². The number of rotatable bonds is 6. The molecule has 3 N–H and O–H groups in total. The molecule has 2 heterocycles. The molecule has 2 aliphatic rings. The van der Waals surface area contributed by atoms with Crippen molar-refractivity contribution in [3.05, 3.63) is 35.5 Å². The number of hydrogen-bond acceptors (Lipinski definition) is 4. The van der Waals surface area contributed by atoms with Crippen molar-refractivity contribution in [1.82, 2.24) is 15.6 Å². The molecule has 1 atom stereocenters. The average molecular weight is 352 g/mol. The highest BCUT2D eigenvalue weighted by Crippen LogP contribution is 2.33. The van der Waals surface area contributed by atoms with Crippen molar-refractivity contribution in [2.24, 2.45) is 5.92 Å². The smallest absolute Gasteiger partial charge is 0.224 e. The third-order valence-electron chi connectivity index (χ3n) is 5.55.